The fourth-order valence-corrected chi connectivity index (χ4v) is 4.82. The lowest BCUT2D eigenvalue weighted by Gasteiger charge is -2.40. The number of benzene rings is 1. The Balaban J connectivity index is 1.81. The first-order chi connectivity index (χ1) is 18.1. The summed E-state index contributed by atoms with van der Waals surface area (Å²) in [7, 11) is 3.46. The number of anilines is 1. The number of piperazine rings is 1. The molecule has 0 spiro atoms. The molecule has 3 aromatic rings. The van der Waals surface area contributed by atoms with Crippen LogP contribution in [0.5, 0.6) is 5.75 Å². The highest BCUT2D eigenvalue weighted by Crippen LogP contribution is 2.37. The molecule has 1 aromatic carbocycles. The van der Waals surface area contributed by atoms with Crippen LogP contribution in [0.15, 0.2) is 22.7 Å². The van der Waals surface area contributed by atoms with Gasteiger partial charge in [-0.15, -0.1) is 0 Å². The van der Waals surface area contributed by atoms with Crippen molar-refractivity contribution in [2.75, 3.05) is 51.8 Å². The van der Waals surface area contributed by atoms with Crippen LogP contribution in [0.2, 0.25) is 5.02 Å². The molecule has 2 atom stereocenters. The number of aromatic nitrogens is 3. The van der Waals surface area contributed by atoms with Gasteiger partial charge in [0.2, 0.25) is 0 Å². The Labute approximate surface area is 225 Å². The molecule has 1 aliphatic rings. The minimum absolute atomic E-state index is 0.0859. The monoisotopic (exact) mass is 550 g/mol. The average Bonchev–Trinajstić information content (AvgIpc) is 3.21. The van der Waals surface area contributed by atoms with Crippen LogP contribution in [0, 0.1) is 20.8 Å². The van der Waals surface area contributed by atoms with E-state index in [0.29, 0.717) is 64.8 Å². The van der Waals surface area contributed by atoms with Crippen LogP contribution in [0.1, 0.15) is 17.0 Å². The molecule has 0 bridgehead atoms. The lowest BCUT2D eigenvalue weighted by atomic mass is 10.0. The van der Waals surface area contributed by atoms with Crippen molar-refractivity contribution in [2.45, 2.75) is 39.3 Å². The number of aliphatic hydroxyl groups excluding tert-OH is 1. The summed E-state index contributed by atoms with van der Waals surface area (Å²) < 4.78 is 38.8. The van der Waals surface area contributed by atoms with E-state index < -0.39 is 18.6 Å². The number of nitrogens with one attached hydrogen (secondary N) is 1. The molecule has 1 saturated heterocycles. The first kappa shape index (κ1) is 28.2. The van der Waals surface area contributed by atoms with E-state index in [1.807, 2.05) is 18.7 Å². The van der Waals surface area contributed by atoms with E-state index in [4.69, 9.17) is 30.8 Å². The number of aliphatic hydroxyl groups is 1. The quantitative estimate of drug-likeness (QED) is 0.413. The number of aryl methyl sites for hydroxylation is 2. The smallest absolute Gasteiger partial charge is 0.255 e. The Bertz CT molecular complexity index is 1250. The summed E-state index contributed by atoms with van der Waals surface area (Å²) in [6.45, 7) is 7.09. The first-order valence-corrected chi connectivity index (χ1v) is 12.8. The van der Waals surface area contributed by atoms with Gasteiger partial charge >= 0.3 is 0 Å². The normalized spacial score (nSPS) is 17.3. The molecule has 0 saturated carbocycles. The summed E-state index contributed by atoms with van der Waals surface area (Å²) in [6.07, 6.45) is -3.18. The minimum atomic E-state index is -2.49. The van der Waals surface area contributed by atoms with Crippen LogP contribution in [-0.2, 0) is 0 Å². The number of hydrogen-bond donors (Lipinski definition) is 2. The van der Waals surface area contributed by atoms with Crippen LogP contribution in [-0.4, -0.2) is 90.6 Å². The highest BCUT2D eigenvalue weighted by Gasteiger charge is 2.33. The van der Waals surface area contributed by atoms with Crippen molar-refractivity contribution in [3.63, 3.8) is 0 Å². The zero-order chi connectivity index (χ0) is 27.6. The van der Waals surface area contributed by atoms with Gasteiger partial charge in [0, 0.05) is 37.3 Å². The molecule has 1 fully saturated rings. The maximum Gasteiger partial charge on any atom is 0.255 e. The van der Waals surface area contributed by atoms with Crippen molar-refractivity contribution in [1.82, 2.24) is 25.3 Å². The SMILES string of the molecule is CNCC(O)COc1ccc(Cl)c(-c2nc(-c3c(C)noc3C)c(C)c(N3CCN(C)C(C(F)F)C3)n2)c1. The summed E-state index contributed by atoms with van der Waals surface area (Å²) in [4.78, 5) is 13.3. The van der Waals surface area contributed by atoms with E-state index in [-0.39, 0.29) is 13.2 Å². The molecule has 3 heterocycles. The molecular weight excluding hydrogens is 518 g/mol. The lowest BCUT2D eigenvalue weighted by molar-refractivity contribution is 0.0324. The molecule has 12 heteroatoms. The third-order valence-electron chi connectivity index (χ3n) is 6.74. The second-order valence-corrected chi connectivity index (χ2v) is 9.94. The Morgan fingerprint density at radius 3 is 2.66 bits per heavy atom. The van der Waals surface area contributed by atoms with Crippen molar-refractivity contribution in [3.05, 3.63) is 40.2 Å². The van der Waals surface area contributed by atoms with Gasteiger partial charge in [0.25, 0.3) is 6.43 Å². The van der Waals surface area contributed by atoms with Crippen molar-refractivity contribution < 1.29 is 23.1 Å². The van der Waals surface area contributed by atoms with Crippen LogP contribution in [0.25, 0.3) is 22.6 Å². The Morgan fingerprint density at radius 2 is 2.00 bits per heavy atom. The number of likely N-dealkylation sites (N-methyl/N-ethyl adjacent to an activating group) is 2. The molecule has 206 valence electrons. The van der Waals surface area contributed by atoms with Gasteiger partial charge in [-0.2, -0.15) is 0 Å². The summed E-state index contributed by atoms with van der Waals surface area (Å²) in [5.41, 5.74) is 3.23. The predicted molar refractivity (Wildman–Crippen MR) is 142 cm³/mol. The van der Waals surface area contributed by atoms with Crippen LogP contribution >= 0.6 is 11.6 Å². The van der Waals surface area contributed by atoms with E-state index in [0.717, 1.165) is 11.1 Å². The number of nitrogens with zero attached hydrogens (tertiary/aromatic N) is 5. The highest BCUT2D eigenvalue weighted by molar-refractivity contribution is 6.33. The Hall–Kier alpha value is -2.86. The number of ether oxygens (including phenoxy) is 1. The molecule has 2 aromatic heterocycles. The standard InChI is InChI=1S/C26H33ClF2N6O3/c1-14-23(22-15(2)33-38-16(22)3)31-25(32-26(14)35-9-8-34(5)21(12-35)24(28)29)19-10-18(6-7-20(19)27)37-13-17(36)11-30-4/h6-7,10,17,21,24,30,36H,8-9,11-13H2,1-5H3. The van der Waals surface area contributed by atoms with Crippen LogP contribution in [0.3, 0.4) is 0 Å². The third kappa shape index (κ3) is 5.90. The molecule has 1 aliphatic heterocycles. The number of alkyl halides is 2. The van der Waals surface area contributed by atoms with Gasteiger partial charge in [-0.05, 0) is 53.1 Å². The van der Waals surface area contributed by atoms with E-state index in [1.54, 1.807) is 44.1 Å². The number of halogens is 3. The van der Waals surface area contributed by atoms with Crippen molar-refractivity contribution >= 4 is 17.4 Å². The van der Waals surface area contributed by atoms with Crippen molar-refractivity contribution in [1.29, 1.82) is 0 Å². The molecule has 38 heavy (non-hydrogen) atoms. The number of rotatable bonds is 9. The molecular formula is C26H33ClF2N6O3. The minimum Gasteiger partial charge on any atom is -0.491 e. The topological polar surface area (TPSA) is 99.8 Å². The maximum absolute atomic E-state index is 13.8. The van der Waals surface area contributed by atoms with E-state index >= 15 is 0 Å². The fraction of sp³-hybridized carbons (Fsp3) is 0.500. The van der Waals surface area contributed by atoms with Crippen LogP contribution in [0.4, 0.5) is 14.6 Å². The molecule has 4 rings (SSSR count). The largest absolute Gasteiger partial charge is 0.491 e. The molecule has 9 nitrogen and oxygen atoms in total. The van der Waals surface area contributed by atoms with E-state index in [9.17, 15) is 13.9 Å². The zero-order valence-corrected chi connectivity index (χ0v) is 22.9. The molecule has 0 radical (unpaired) electrons. The van der Waals surface area contributed by atoms with Gasteiger partial charge in [-0.3, -0.25) is 4.90 Å². The Morgan fingerprint density at radius 1 is 1.24 bits per heavy atom. The Kier molecular flexibility index (Phi) is 8.81. The summed E-state index contributed by atoms with van der Waals surface area (Å²) >= 11 is 6.60. The molecule has 2 N–H and O–H groups in total. The zero-order valence-electron chi connectivity index (χ0n) is 22.1. The van der Waals surface area contributed by atoms with Gasteiger partial charge in [0.15, 0.2) is 5.82 Å². The lowest BCUT2D eigenvalue weighted by Crippen LogP contribution is -2.54. The van der Waals surface area contributed by atoms with Gasteiger partial charge in [-0.25, -0.2) is 18.7 Å². The van der Waals surface area contributed by atoms with Crippen molar-refractivity contribution in [3.8, 4) is 28.4 Å². The second kappa shape index (κ2) is 11.9. The average molecular weight is 551 g/mol. The molecule has 0 amide bonds. The summed E-state index contributed by atoms with van der Waals surface area (Å²) in [5, 5.41) is 17.4. The fourth-order valence-electron chi connectivity index (χ4n) is 4.62. The van der Waals surface area contributed by atoms with E-state index in [2.05, 4.69) is 10.5 Å². The van der Waals surface area contributed by atoms with Crippen LogP contribution < -0.4 is 15.0 Å². The highest BCUT2D eigenvalue weighted by atomic mass is 35.5. The van der Waals surface area contributed by atoms with E-state index in [1.165, 1.54) is 0 Å². The first-order valence-electron chi connectivity index (χ1n) is 12.4. The summed E-state index contributed by atoms with van der Waals surface area (Å²) in [5.74, 6) is 1.95. The maximum atomic E-state index is 13.8. The predicted octanol–water partition coefficient (Wildman–Crippen LogP) is 3.72. The van der Waals surface area contributed by atoms with Gasteiger partial charge < -0.3 is 24.6 Å². The van der Waals surface area contributed by atoms with Crippen molar-refractivity contribution in [2.24, 2.45) is 0 Å². The summed E-state index contributed by atoms with van der Waals surface area (Å²) in [6, 6.07) is 4.17. The van der Waals surface area contributed by atoms with Gasteiger partial charge in [0.05, 0.1) is 28.0 Å². The third-order valence-corrected chi connectivity index (χ3v) is 7.07. The number of hydrogen-bond acceptors (Lipinski definition) is 9. The van der Waals surface area contributed by atoms with Gasteiger partial charge in [0.1, 0.15) is 30.0 Å². The second-order valence-electron chi connectivity index (χ2n) is 9.54. The molecule has 0 aliphatic carbocycles. The molecule has 2 unspecified atom stereocenters. The van der Waals surface area contributed by atoms with Gasteiger partial charge in [-0.1, -0.05) is 16.8 Å².